The van der Waals surface area contributed by atoms with Crippen molar-refractivity contribution in [2.24, 2.45) is 0 Å². The van der Waals surface area contributed by atoms with Crippen molar-refractivity contribution in [3.63, 3.8) is 0 Å². The lowest BCUT2D eigenvalue weighted by molar-refractivity contribution is -0.148. The van der Waals surface area contributed by atoms with E-state index in [2.05, 4.69) is 17.1 Å². The first-order valence-corrected chi connectivity index (χ1v) is 7.17. The standard InChI is InChI=1S/C14H28N2O3/c1-5-12-11-16(9-10-19-12)8-6-7-14(2,15-3)13(17)18-4/h12,15H,5-11H2,1-4H3. The summed E-state index contributed by atoms with van der Waals surface area (Å²) in [6.07, 6.45) is 3.19. The number of carbonyl (C=O) groups excluding carboxylic acids is 1. The highest BCUT2D eigenvalue weighted by atomic mass is 16.5. The number of nitrogens with one attached hydrogen (secondary N) is 1. The van der Waals surface area contributed by atoms with E-state index in [0.29, 0.717) is 6.10 Å². The van der Waals surface area contributed by atoms with E-state index in [-0.39, 0.29) is 5.97 Å². The lowest BCUT2D eigenvalue weighted by Gasteiger charge is -2.33. The molecule has 0 amide bonds. The molecule has 1 rings (SSSR count). The zero-order valence-electron chi connectivity index (χ0n) is 12.7. The molecule has 112 valence electrons. The highest BCUT2D eigenvalue weighted by Crippen LogP contribution is 2.15. The topological polar surface area (TPSA) is 50.8 Å². The third kappa shape index (κ3) is 4.75. The van der Waals surface area contributed by atoms with Crippen LogP contribution in [0.15, 0.2) is 0 Å². The Bertz CT molecular complexity index is 286. The van der Waals surface area contributed by atoms with E-state index in [1.54, 1.807) is 7.05 Å². The predicted molar refractivity (Wildman–Crippen MR) is 75.2 cm³/mol. The zero-order chi connectivity index (χ0) is 14.3. The molecule has 0 aromatic rings. The Labute approximate surface area is 116 Å². The van der Waals surface area contributed by atoms with Gasteiger partial charge < -0.3 is 14.8 Å². The number of carbonyl (C=O) groups is 1. The molecule has 1 N–H and O–H groups in total. The Hall–Kier alpha value is -0.650. The third-order valence-corrected chi connectivity index (χ3v) is 4.02. The molecule has 0 aromatic carbocycles. The summed E-state index contributed by atoms with van der Waals surface area (Å²) in [5.41, 5.74) is -0.578. The maximum atomic E-state index is 11.7. The Morgan fingerprint density at radius 1 is 1.58 bits per heavy atom. The van der Waals surface area contributed by atoms with Crippen molar-refractivity contribution in [3.8, 4) is 0 Å². The van der Waals surface area contributed by atoms with Crippen molar-refractivity contribution in [2.75, 3.05) is 40.4 Å². The van der Waals surface area contributed by atoms with Gasteiger partial charge in [0.05, 0.1) is 19.8 Å². The lowest BCUT2D eigenvalue weighted by atomic mass is 9.96. The van der Waals surface area contributed by atoms with Gasteiger partial charge in [-0.15, -0.1) is 0 Å². The van der Waals surface area contributed by atoms with Crippen LogP contribution in [-0.2, 0) is 14.3 Å². The summed E-state index contributed by atoms with van der Waals surface area (Å²) in [4.78, 5) is 14.1. The summed E-state index contributed by atoms with van der Waals surface area (Å²) in [7, 11) is 3.24. The maximum absolute atomic E-state index is 11.7. The van der Waals surface area contributed by atoms with Gasteiger partial charge in [-0.1, -0.05) is 6.92 Å². The van der Waals surface area contributed by atoms with Gasteiger partial charge in [0.15, 0.2) is 0 Å². The van der Waals surface area contributed by atoms with Crippen LogP contribution in [0, 0.1) is 0 Å². The van der Waals surface area contributed by atoms with Crippen molar-refractivity contribution in [1.82, 2.24) is 10.2 Å². The predicted octanol–water partition coefficient (Wildman–Crippen LogP) is 1.03. The van der Waals surface area contributed by atoms with Crippen LogP contribution in [0.4, 0.5) is 0 Å². The Kier molecular flexibility index (Phi) is 6.75. The van der Waals surface area contributed by atoms with Crippen LogP contribution in [0.25, 0.3) is 0 Å². The van der Waals surface area contributed by atoms with Crippen LogP contribution in [-0.4, -0.2) is 62.9 Å². The molecule has 0 aromatic heterocycles. The molecular formula is C14H28N2O3. The van der Waals surface area contributed by atoms with Crippen molar-refractivity contribution in [2.45, 2.75) is 44.8 Å². The minimum absolute atomic E-state index is 0.191. The van der Waals surface area contributed by atoms with Crippen LogP contribution in [0.1, 0.15) is 33.1 Å². The summed E-state index contributed by atoms with van der Waals surface area (Å²) < 4.78 is 10.5. The van der Waals surface area contributed by atoms with Gasteiger partial charge >= 0.3 is 5.97 Å². The summed E-state index contributed by atoms with van der Waals surface area (Å²) in [5.74, 6) is -0.191. The van der Waals surface area contributed by atoms with Gasteiger partial charge in [0.25, 0.3) is 0 Å². The summed E-state index contributed by atoms with van der Waals surface area (Å²) in [6.45, 7) is 7.87. The van der Waals surface area contributed by atoms with Gasteiger partial charge in [-0.25, -0.2) is 0 Å². The van der Waals surface area contributed by atoms with E-state index < -0.39 is 5.54 Å². The smallest absolute Gasteiger partial charge is 0.325 e. The minimum atomic E-state index is -0.578. The second-order valence-electron chi connectivity index (χ2n) is 5.38. The monoisotopic (exact) mass is 272 g/mol. The number of nitrogens with zero attached hydrogens (tertiary/aromatic N) is 1. The number of methoxy groups -OCH3 is 1. The molecule has 1 aliphatic heterocycles. The fraction of sp³-hybridized carbons (Fsp3) is 0.929. The van der Waals surface area contributed by atoms with Gasteiger partial charge in [0, 0.05) is 13.1 Å². The van der Waals surface area contributed by atoms with Gasteiger partial charge in [-0.2, -0.15) is 0 Å². The first kappa shape index (κ1) is 16.4. The molecule has 19 heavy (non-hydrogen) atoms. The Morgan fingerprint density at radius 2 is 2.32 bits per heavy atom. The molecule has 0 radical (unpaired) electrons. The average Bonchev–Trinajstić information content (AvgIpc) is 2.46. The van der Waals surface area contributed by atoms with Crippen molar-refractivity contribution < 1.29 is 14.3 Å². The van der Waals surface area contributed by atoms with Crippen LogP contribution in [0.2, 0.25) is 0 Å². The molecular weight excluding hydrogens is 244 g/mol. The highest BCUT2D eigenvalue weighted by Gasteiger charge is 2.32. The molecule has 0 spiro atoms. The van der Waals surface area contributed by atoms with E-state index in [9.17, 15) is 4.79 Å². The maximum Gasteiger partial charge on any atom is 0.325 e. The van der Waals surface area contributed by atoms with E-state index in [1.807, 2.05) is 6.92 Å². The lowest BCUT2D eigenvalue weighted by Crippen LogP contribution is -2.49. The molecule has 1 aliphatic rings. The number of hydrogen-bond donors (Lipinski definition) is 1. The molecule has 5 heteroatoms. The van der Waals surface area contributed by atoms with Crippen molar-refractivity contribution in [1.29, 1.82) is 0 Å². The van der Waals surface area contributed by atoms with Gasteiger partial charge in [0.2, 0.25) is 0 Å². The third-order valence-electron chi connectivity index (χ3n) is 4.02. The molecule has 0 aliphatic carbocycles. The van der Waals surface area contributed by atoms with Gasteiger partial charge in [0.1, 0.15) is 5.54 Å². The fourth-order valence-corrected chi connectivity index (χ4v) is 2.44. The molecule has 1 heterocycles. The Morgan fingerprint density at radius 3 is 2.89 bits per heavy atom. The van der Waals surface area contributed by atoms with E-state index in [0.717, 1.165) is 45.5 Å². The minimum Gasteiger partial charge on any atom is -0.468 e. The van der Waals surface area contributed by atoms with Crippen LogP contribution < -0.4 is 5.32 Å². The Balaban J connectivity index is 2.34. The molecule has 1 saturated heterocycles. The molecule has 1 fully saturated rings. The van der Waals surface area contributed by atoms with E-state index in [1.165, 1.54) is 7.11 Å². The first-order valence-electron chi connectivity index (χ1n) is 7.17. The SMILES string of the molecule is CCC1CN(CCCC(C)(NC)C(=O)OC)CCO1. The van der Waals surface area contributed by atoms with Crippen molar-refractivity contribution in [3.05, 3.63) is 0 Å². The van der Waals surface area contributed by atoms with Crippen LogP contribution in [0.5, 0.6) is 0 Å². The van der Waals surface area contributed by atoms with Gasteiger partial charge in [-0.3, -0.25) is 9.69 Å². The second-order valence-corrected chi connectivity index (χ2v) is 5.38. The van der Waals surface area contributed by atoms with Crippen LogP contribution >= 0.6 is 0 Å². The van der Waals surface area contributed by atoms with Crippen molar-refractivity contribution >= 4 is 5.97 Å². The molecule has 2 unspecified atom stereocenters. The van der Waals surface area contributed by atoms with Gasteiger partial charge in [-0.05, 0) is 39.8 Å². The van der Waals surface area contributed by atoms with E-state index in [4.69, 9.17) is 9.47 Å². The molecule has 0 bridgehead atoms. The fourth-order valence-electron chi connectivity index (χ4n) is 2.44. The largest absolute Gasteiger partial charge is 0.468 e. The number of likely N-dealkylation sites (N-methyl/N-ethyl adjacent to an activating group) is 1. The highest BCUT2D eigenvalue weighted by molar-refractivity contribution is 5.80. The average molecular weight is 272 g/mol. The van der Waals surface area contributed by atoms with Crippen LogP contribution in [0.3, 0.4) is 0 Å². The first-order chi connectivity index (χ1) is 9.05. The number of ether oxygens (including phenoxy) is 2. The summed E-state index contributed by atoms with van der Waals surface area (Å²) in [6, 6.07) is 0. The number of rotatable bonds is 7. The molecule has 5 nitrogen and oxygen atoms in total. The second kappa shape index (κ2) is 7.82. The number of hydrogen-bond acceptors (Lipinski definition) is 5. The zero-order valence-corrected chi connectivity index (χ0v) is 12.7. The quantitative estimate of drug-likeness (QED) is 0.702. The summed E-state index contributed by atoms with van der Waals surface area (Å²) >= 11 is 0. The van der Waals surface area contributed by atoms with E-state index >= 15 is 0 Å². The molecule has 2 atom stereocenters. The number of morpholine rings is 1. The summed E-state index contributed by atoms with van der Waals surface area (Å²) in [5, 5.41) is 3.07. The number of esters is 1. The normalized spacial score (nSPS) is 23.9. The molecule has 0 saturated carbocycles.